The van der Waals surface area contributed by atoms with E-state index in [1.807, 2.05) is 0 Å². The molecule has 2 aromatic rings. The first-order valence-electron chi connectivity index (χ1n) is 4.81. The van der Waals surface area contributed by atoms with Crippen molar-refractivity contribution < 1.29 is 4.79 Å². The Morgan fingerprint density at radius 3 is 2.47 bits per heavy atom. The van der Waals surface area contributed by atoms with E-state index >= 15 is 0 Å². The number of carbonyl (C=O) groups is 1. The zero-order valence-electron chi connectivity index (χ0n) is 8.95. The van der Waals surface area contributed by atoms with Gasteiger partial charge in [0.2, 0.25) is 0 Å². The second-order valence-corrected chi connectivity index (χ2v) is 4.39. The van der Waals surface area contributed by atoms with Crippen LogP contribution in [0.5, 0.6) is 0 Å². The summed E-state index contributed by atoms with van der Waals surface area (Å²) in [5, 5.41) is 7.55. The Hall–Kier alpha value is -1.52. The summed E-state index contributed by atoms with van der Waals surface area (Å²) in [5.41, 5.74) is 1.03. The molecule has 0 atom stereocenters. The predicted molar refractivity (Wildman–Crippen MR) is 67.6 cm³/mol. The molecular formula is C11H9Cl2N3O. The lowest BCUT2D eigenvalue weighted by molar-refractivity contribution is 0.102. The van der Waals surface area contributed by atoms with E-state index in [0.717, 1.165) is 0 Å². The maximum Gasteiger partial charge on any atom is 0.258 e. The second kappa shape index (κ2) is 4.77. The molecule has 0 unspecified atom stereocenters. The van der Waals surface area contributed by atoms with Gasteiger partial charge >= 0.3 is 0 Å². The van der Waals surface area contributed by atoms with Gasteiger partial charge in [-0.15, -0.1) is 0 Å². The molecule has 0 bridgehead atoms. The molecule has 0 saturated carbocycles. The molecule has 2 rings (SSSR count). The Bertz CT molecular complexity index is 545. The van der Waals surface area contributed by atoms with Crippen molar-refractivity contribution in [3.63, 3.8) is 0 Å². The number of carbonyl (C=O) groups excluding carboxylic acids is 1. The lowest BCUT2D eigenvalue weighted by Gasteiger charge is -2.04. The molecule has 0 aliphatic carbocycles. The van der Waals surface area contributed by atoms with Crippen LogP contribution in [0.3, 0.4) is 0 Å². The van der Waals surface area contributed by atoms with E-state index in [0.29, 0.717) is 21.3 Å². The van der Waals surface area contributed by atoms with Crippen LogP contribution in [0.1, 0.15) is 10.4 Å². The first-order valence-corrected chi connectivity index (χ1v) is 5.56. The fourth-order valence-corrected chi connectivity index (χ4v) is 1.89. The maximum absolute atomic E-state index is 11.8. The fraction of sp³-hybridized carbons (Fsp3) is 0.0909. The van der Waals surface area contributed by atoms with Crippen molar-refractivity contribution in [2.45, 2.75) is 0 Å². The highest BCUT2D eigenvalue weighted by Crippen LogP contribution is 2.22. The largest absolute Gasteiger partial charge is 0.322 e. The summed E-state index contributed by atoms with van der Waals surface area (Å²) in [7, 11) is 1.74. The number of nitrogens with one attached hydrogen (secondary N) is 1. The third kappa shape index (κ3) is 2.99. The summed E-state index contributed by atoms with van der Waals surface area (Å²) >= 11 is 11.7. The van der Waals surface area contributed by atoms with Crippen molar-refractivity contribution in [2.24, 2.45) is 7.05 Å². The Morgan fingerprint density at radius 2 is 1.94 bits per heavy atom. The summed E-state index contributed by atoms with van der Waals surface area (Å²) in [6.07, 6.45) is 3.11. The minimum atomic E-state index is -0.253. The number of nitrogens with zero attached hydrogens (tertiary/aromatic N) is 2. The van der Waals surface area contributed by atoms with E-state index < -0.39 is 0 Å². The molecule has 17 heavy (non-hydrogen) atoms. The smallest absolute Gasteiger partial charge is 0.258 e. The number of aromatic nitrogens is 2. The monoisotopic (exact) mass is 269 g/mol. The molecule has 1 aromatic heterocycles. The van der Waals surface area contributed by atoms with Gasteiger partial charge in [0.1, 0.15) is 0 Å². The number of anilines is 1. The molecule has 6 heteroatoms. The molecule has 1 heterocycles. The number of aryl methyl sites for hydroxylation is 1. The summed E-state index contributed by atoms with van der Waals surface area (Å²) in [6, 6.07) is 4.85. The first-order chi connectivity index (χ1) is 8.04. The van der Waals surface area contributed by atoms with Crippen LogP contribution in [0.2, 0.25) is 10.0 Å². The Morgan fingerprint density at radius 1 is 1.29 bits per heavy atom. The van der Waals surface area contributed by atoms with Crippen LogP contribution in [0.15, 0.2) is 30.6 Å². The highest BCUT2D eigenvalue weighted by molar-refractivity contribution is 6.35. The lowest BCUT2D eigenvalue weighted by atomic mass is 10.3. The first kappa shape index (κ1) is 12.0. The Balaban J connectivity index is 2.18. The van der Waals surface area contributed by atoms with Gasteiger partial charge in [-0.2, -0.15) is 5.10 Å². The van der Waals surface area contributed by atoms with Gasteiger partial charge in [-0.05, 0) is 18.2 Å². The molecule has 1 aromatic carbocycles. The van der Waals surface area contributed by atoms with Gasteiger partial charge in [-0.3, -0.25) is 9.48 Å². The SMILES string of the molecule is Cn1cc(C(=O)Nc2cc(Cl)cc(Cl)c2)cn1. The second-order valence-electron chi connectivity index (χ2n) is 3.51. The van der Waals surface area contributed by atoms with Crippen LogP contribution >= 0.6 is 23.2 Å². The van der Waals surface area contributed by atoms with Gasteiger partial charge in [0.15, 0.2) is 0 Å². The highest BCUT2D eigenvalue weighted by atomic mass is 35.5. The maximum atomic E-state index is 11.8. The van der Waals surface area contributed by atoms with Gasteiger partial charge in [-0.1, -0.05) is 23.2 Å². The molecule has 88 valence electrons. The predicted octanol–water partition coefficient (Wildman–Crippen LogP) is 2.98. The van der Waals surface area contributed by atoms with E-state index in [2.05, 4.69) is 10.4 Å². The van der Waals surface area contributed by atoms with Crippen LogP contribution in [0, 0.1) is 0 Å². The zero-order chi connectivity index (χ0) is 12.4. The van der Waals surface area contributed by atoms with Crippen LogP contribution < -0.4 is 5.32 Å². The van der Waals surface area contributed by atoms with E-state index in [9.17, 15) is 4.79 Å². The molecule has 1 amide bonds. The minimum absolute atomic E-state index is 0.253. The molecule has 0 radical (unpaired) electrons. The van der Waals surface area contributed by atoms with Crippen LogP contribution in [-0.4, -0.2) is 15.7 Å². The molecule has 0 spiro atoms. The van der Waals surface area contributed by atoms with Crippen LogP contribution in [0.4, 0.5) is 5.69 Å². The minimum Gasteiger partial charge on any atom is -0.322 e. The number of hydrogen-bond donors (Lipinski definition) is 1. The van der Waals surface area contributed by atoms with Crippen molar-refractivity contribution in [1.29, 1.82) is 0 Å². The van der Waals surface area contributed by atoms with Crippen molar-refractivity contribution in [3.05, 3.63) is 46.2 Å². The van der Waals surface area contributed by atoms with Crippen molar-refractivity contribution in [2.75, 3.05) is 5.32 Å². The summed E-state index contributed by atoms with van der Waals surface area (Å²) in [5.74, 6) is -0.253. The van der Waals surface area contributed by atoms with Gasteiger partial charge in [0, 0.05) is 29.0 Å². The van der Waals surface area contributed by atoms with E-state index in [1.54, 1.807) is 36.1 Å². The molecular weight excluding hydrogens is 261 g/mol. The van der Waals surface area contributed by atoms with Gasteiger partial charge in [0.25, 0.3) is 5.91 Å². The van der Waals surface area contributed by atoms with Crippen LogP contribution in [-0.2, 0) is 7.05 Å². The number of halogens is 2. The summed E-state index contributed by atoms with van der Waals surface area (Å²) in [6.45, 7) is 0. The van der Waals surface area contributed by atoms with Crippen LogP contribution in [0.25, 0.3) is 0 Å². The standard InChI is InChI=1S/C11H9Cl2N3O/c1-16-6-7(5-14-16)11(17)15-10-3-8(12)2-9(13)4-10/h2-6H,1H3,(H,15,17). The van der Waals surface area contributed by atoms with Gasteiger partial charge < -0.3 is 5.32 Å². The highest BCUT2D eigenvalue weighted by Gasteiger charge is 2.08. The number of rotatable bonds is 2. The summed E-state index contributed by atoms with van der Waals surface area (Å²) < 4.78 is 1.56. The molecule has 0 saturated heterocycles. The molecule has 0 fully saturated rings. The Labute approximate surface area is 108 Å². The van der Waals surface area contributed by atoms with Gasteiger partial charge in [0.05, 0.1) is 11.8 Å². The number of amides is 1. The topological polar surface area (TPSA) is 46.9 Å². The summed E-state index contributed by atoms with van der Waals surface area (Å²) in [4.78, 5) is 11.8. The molecule has 0 aliphatic heterocycles. The van der Waals surface area contributed by atoms with Crippen molar-refractivity contribution >= 4 is 34.8 Å². The third-order valence-electron chi connectivity index (χ3n) is 2.09. The molecule has 1 N–H and O–H groups in total. The number of benzene rings is 1. The molecule has 4 nitrogen and oxygen atoms in total. The quantitative estimate of drug-likeness (QED) is 0.911. The van der Waals surface area contributed by atoms with Crippen molar-refractivity contribution in [1.82, 2.24) is 9.78 Å². The average Bonchev–Trinajstić information content (AvgIpc) is 2.63. The average molecular weight is 270 g/mol. The number of hydrogen-bond acceptors (Lipinski definition) is 2. The normalized spacial score (nSPS) is 10.3. The molecule has 0 aliphatic rings. The van der Waals surface area contributed by atoms with E-state index in [4.69, 9.17) is 23.2 Å². The van der Waals surface area contributed by atoms with Gasteiger partial charge in [-0.25, -0.2) is 0 Å². The lowest BCUT2D eigenvalue weighted by Crippen LogP contribution is -2.11. The van der Waals surface area contributed by atoms with E-state index in [-0.39, 0.29) is 5.91 Å². The zero-order valence-corrected chi connectivity index (χ0v) is 10.5. The van der Waals surface area contributed by atoms with E-state index in [1.165, 1.54) is 6.20 Å². The third-order valence-corrected chi connectivity index (χ3v) is 2.52. The Kier molecular flexibility index (Phi) is 3.36. The van der Waals surface area contributed by atoms with Crippen molar-refractivity contribution in [3.8, 4) is 0 Å². The fourth-order valence-electron chi connectivity index (χ4n) is 1.37.